The summed E-state index contributed by atoms with van der Waals surface area (Å²) in [5, 5.41) is 8.39. The van der Waals surface area contributed by atoms with E-state index < -0.39 is 0 Å². The van der Waals surface area contributed by atoms with E-state index in [1.165, 1.54) is 12.8 Å². The van der Waals surface area contributed by atoms with Crippen LogP contribution in [0, 0.1) is 0 Å². The molecule has 0 aliphatic carbocycles. The number of nitrogens with zero attached hydrogens (tertiary/aromatic N) is 1. The summed E-state index contributed by atoms with van der Waals surface area (Å²) in [5.41, 5.74) is 9.08. The van der Waals surface area contributed by atoms with E-state index in [9.17, 15) is 0 Å². The van der Waals surface area contributed by atoms with Crippen molar-refractivity contribution in [2.45, 2.75) is 45.4 Å². The Balaban J connectivity index is 2.43. The maximum atomic E-state index is 6.13. The number of hydrogen-bond donors (Lipinski definition) is 2. The molecule has 1 aromatic heterocycles. The molecule has 1 aromatic carbocycles. The van der Waals surface area contributed by atoms with Gasteiger partial charge >= 0.3 is 0 Å². The lowest BCUT2D eigenvalue weighted by Gasteiger charge is -2.15. The molecule has 0 bridgehead atoms. The summed E-state index contributed by atoms with van der Waals surface area (Å²) in [7, 11) is 0. The number of hydrogen-bond acceptors (Lipinski definition) is 2. The standard InChI is InChI=1S/C16H21Cl2N3/c1-3-5-6-10(4-2)15-14(16(19)21-20-15)11-7-8-12(17)13(18)9-11/h7-10H,3-6H2,1-2H3,(H3,19,20,21). The van der Waals surface area contributed by atoms with Crippen molar-refractivity contribution in [3.05, 3.63) is 33.9 Å². The first-order valence-corrected chi connectivity index (χ1v) is 8.13. The lowest BCUT2D eigenvalue weighted by atomic mass is 9.91. The smallest absolute Gasteiger partial charge is 0.153 e. The fourth-order valence-corrected chi connectivity index (χ4v) is 2.92. The van der Waals surface area contributed by atoms with Crippen molar-refractivity contribution in [2.75, 3.05) is 5.73 Å². The van der Waals surface area contributed by atoms with E-state index in [1.807, 2.05) is 12.1 Å². The number of nitrogen functional groups attached to an aromatic ring is 1. The largest absolute Gasteiger partial charge is 0.382 e. The minimum atomic E-state index is 0.430. The van der Waals surface area contributed by atoms with Crippen molar-refractivity contribution >= 4 is 29.0 Å². The summed E-state index contributed by atoms with van der Waals surface area (Å²) in [4.78, 5) is 0. The number of aromatic nitrogens is 2. The minimum absolute atomic E-state index is 0.430. The molecule has 3 nitrogen and oxygen atoms in total. The molecule has 0 fully saturated rings. The summed E-state index contributed by atoms with van der Waals surface area (Å²) < 4.78 is 0. The lowest BCUT2D eigenvalue weighted by Crippen LogP contribution is -2.00. The second-order valence-electron chi connectivity index (χ2n) is 5.27. The molecule has 114 valence electrons. The number of nitrogens with two attached hydrogens (primary N) is 1. The van der Waals surface area contributed by atoms with Gasteiger partial charge in [-0.2, -0.15) is 5.10 Å². The lowest BCUT2D eigenvalue weighted by molar-refractivity contribution is 0.557. The molecule has 0 aliphatic rings. The Kier molecular flexibility index (Phi) is 5.54. The van der Waals surface area contributed by atoms with Gasteiger partial charge < -0.3 is 5.73 Å². The number of nitrogens with one attached hydrogen (secondary N) is 1. The molecule has 0 spiro atoms. The van der Waals surface area contributed by atoms with Gasteiger partial charge in [-0.15, -0.1) is 0 Å². The zero-order valence-electron chi connectivity index (χ0n) is 12.4. The third-order valence-electron chi connectivity index (χ3n) is 3.84. The Morgan fingerprint density at radius 1 is 1.24 bits per heavy atom. The number of H-pyrrole nitrogens is 1. The summed E-state index contributed by atoms with van der Waals surface area (Å²) in [6, 6.07) is 5.58. The molecular formula is C16H21Cl2N3. The van der Waals surface area contributed by atoms with Crippen LogP contribution >= 0.6 is 23.2 Å². The second kappa shape index (κ2) is 7.19. The van der Waals surface area contributed by atoms with Crippen LogP contribution in [0.25, 0.3) is 11.1 Å². The molecule has 1 unspecified atom stereocenters. The van der Waals surface area contributed by atoms with Crippen LogP contribution < -0.4 is 5.73 Å². The van der Waals surface area contributed by atoms with Gasteiger partial charge in [0.2, 0.25) is 0 Å². The maximum absolute atomic E-state index is 6.13. The van der Waals surface area contributed by atoms with Crippen molar-refractivity contribution in [3.63, 3.8) is 0 Å². The Morgan fingerprint density at radius 2 is 2.00 bits per heavy atom. The molecule has 0 radical (unpaired) electrons. The number of unbranched alkanes of at least 4 members (excludes halogenated alkanes) is 1. The number of halogens is 2. The summed E-state index contributed by atoms with van der Waals surface area (Å²) in [5.74, 6) is 0.942. The highest BCUT2D eigenvalue weighted by atomic mass is 35.5. The highest BCUT2D eigenvalue weighted by molar-refractivity contribution is 6.42. The van der Waals surface area contributed by atoms with Crippen molar-refractivity contribution < 1.29 is 0 Å². The van der Waals surface area contributed by atoms with E-state index in [1.54, 1.807) is 6.07 Å². The van der Waals surface area contributed by atoms with Crippen LogP contribution in [0.3, 0.4) is 0 Å². The van der Waals surface area contributed by atoms with Crippen LogP contribution in [0.2, 0.25) is 10.0 Å². The number of benzene rings is 1. The Morgan fingerprint density at radius 3 is 2.62 bits per heavy atom. The molecule has 1 heterocycles. The van der Waals surface area contributed by atoms with Gasteiger partial charge in [-0.25, -0.2) is 0 Å². The number of aromatic amines is 1. The topological polar surface area (TPSA) is 54.7 Å². The van der Waals surface area contributed by atoms with Gasteiger partial charge in [-0.05, 0) is 30.5 Å². The van der Waals surface area contributed by atoms with Gasteiger partial charge in [0.1, 0.15) is 0 Å². The van der Waals surface area contributed by atoms with E-state index in [2.05, 4.69) is 24.0 Å². The molecule has 2 aromatic rings. The highest BCUT2D eigenvalue weighted by Gasteiger charge is 2.20. The van der Waals surface area contributed by atoms with Gasteiger partial charge in [0.05, 0.1) is 10.0 Å². The summed E-state index contributed by atoms with van der Waals surface area (Å²) in [6.07, 6.45) is 4.55. The zero-order chi connectivity index (χ0) is 15.4. The predicted molar refractivity (Wildman–Crippen MR) is 91.0 cm³/mol. The Bertz CT molecular complexity index is 608. The number of rotatable bonds is 6. The van der Waals surface area contributed by atoms with E-state index in [4.69, 9.17) is 28.9 Å². The zero-order valence-corrected chi connectivity index (χ0v) is 13.9. The Hall–Kier alpha value is -1.19. The van der Waals surface area contributed by atoms with Crippen LogP contribution in [0.5, 0.6) is 0 Å². The Labute approximate surface area is 135 Å². The second-order valence-corrected chi connectivity index (χ2v) is 6.09. The first kappa shape index (κ1) is 16.2. The quantitative estimate of drug-likeness (QED) is 0.720. The average Bonchev–Trinajstić information content (AvgIpc) is 2.85. The van der Waals surface area contributed by atoms with E-state index in [0.29, 0.717) is 21.8 Å². The van der Waals surface area contributed by atoms with Gasteiger partial charge in [0.25, 0.3) is 0 Å². The third-order valence-corrected chi connectivity index (χ3v) is 4.58. The van der Waals surface area contributed by atoms with Crippen LogP contribution in [0.4, 0.5) is 5.82 Å². The molecule has 1 atom stereocenters. The molecule has 0 aliphatic heterocycles. The summed E-state index contributed by atoms with van der Waals surface area (Å²) >= 11 is 12.1. The molecule has 0 saturated heterocycles. The molecule has 0 amide bonds. The molecule has 2 rings (SSSR count). The summed E-state index contributed by atoms with van der Waals surface area (Å²) in [6.45, 7) is 4.39. The molecule has 3 N–H and O–H groups in total. The van der Waals surface area contributed by atoms with Gasteiger partial charge in [-0.3, -0.25) is 5.10 Å². The average molecular weight is 326 g/mol. The molecule has 5 heteroatoms. The normalized spacial score (nSPS) is 12.6. The van der Waals surface area contributed by atoms with Gasteiger partial charge in [0, 0.05) is 17.2 Å². The first-order valence-electron chi connectivity index (χ1n) is 7.37. The van der Waals surface area contributed by atoms with Crippen LogP contribution in [0.15, 0.2) is 18.2 Å². The van der Waals surface area contributed by atoms with Crippen molar-refractivity contribution in [3.8, 4) is 11.1 Å². The fraction of sp³-hybridized carbons (Fsp3) is 0.438. The monoisotopic (exact) mass is 325 g/mol. The van der Waals surface area contributed by atoms with E-state index >= 15 is 0 Å². The highest BCUT2D eigenvalue weighted by Crippen LogP contribution is 2.38. The fourth-order valence-electron chi connectivity index (χ4n) is 2.62. The molecular weight excluding hydrogens is 305 g/mol. The first-order chi connectivity index (χ1) is 10.1. The van der Waals surface area contributed by atoms with Crippen LogP contribution in [0.1, 0.15) is 51.1 Å². The maximum Gasteiger partial charge on any atom is 0.153 e. The van der Waals surface area contributed by atoms with Gasteiger partial charge in [-0.1, -0.05) is 56.0 Å². The van der Waals surface area contributed by atoms with E-state index in [0.717, 1.165) is 29.7 Å². The third kappa shape index (κ3) is 3.53. The van der Waals surface area contributed by atoms with Crippen molar-refractivity contribution in [1.29, 1.82) is 0 Å². The minimum Gasteiger partial charge on any atom is -0.382 e. The number of anilines is 1. The van der Waals surface area contributed by atoms with Crippen LogP contribution in [-0.4, -0.2) is 10.2 Å². The van der Waals surface area contributed by atoms with Crippen molar-refractivity contribution in [2.24, 2.45) is 0 Å². The van der Waals surface area contributed by atoms with Crippen LogP contribution in [-0.2, 0) is 0 Å². The van der Waals surface area contributed by atoms with Crippen molar-refractivity contribution in [1.82, 2.24) is 10.2 Å². The molecule has 0 saturated carbocycles. The SMILES string of the molecule is CCCCC(CC)c1[nH]nc(N)c1-c1ccc(Cl)c(Cl)c1. The van der Waals surface area contributed by atoms with E-state index in [-0.39, 0.29) is 0 Å². The molecule has 21 heavy (non-hydrogen) atoms. The van der Waals surface area contributed by atoms with Gasteiger partial charge in [0.15, 0.2) is 5.82 Å². The predicted octanol–water partition coefficient (Wildman–Crippen LogP) is 5.65.